The zero-order valence-electron chi connectivity index (χ0n) is 16.8. The second kappa shape index (κ2) is 9.21. The Morgan fingerprint density at radius 2 is 1.75 bits per heavy atom. The number of hydrogen-bond donors (Lipinski definition) is 1. The molecule has 0 aliphatic heterocycles. The van der Waals surface area contributed by atoms with E-state index in [9.17, 15) is 14.4 Å². The van der Waals surface area contributed by atoms with Crippen LogP contribution in [0.5, 0.6) is 5.75 Å². The first-order valence-electron chi connectivity index (χ1n) is 9.01. The van der Waals surface area contributed by atoms with E-state index in [1.165, 1.54) is 14.0 Å². The van der Waals surface area contributed by atoms with Crippen LogP contribution in [0.2, 0.25) is 0 Å². The molecule has 0 bridgehead atoms. The van der Waals surface area contributed by atoms with E-state index in [2.05, 4.69) is 4.98 Å². The van der Waals surface area contributed by atoms with Crippen LogP contribution in [0.3, 0.4) is 0 Å². The zero-order chi connectivity index (χ0) is 20.8. The van der Waals surface area contributed by atoms with Crippen LogP contribution in [0.15, 0.2) is 24.3 Å². The molecule has 2 rings (SSSR count). The fourth-order valence-electron chi connectivity index (χ4n) is 2.86. The SMILES string of the molecule is CCc1ccc(OCC(=O)O[C@@H](C)C(=O)c2[nH]c(C)c(C(=O)OC)c2C)cc1. The van der Waals surface area contributed by atoms with Crippen LogP contribution in [-0.4, -0.2) is 42.5 Å². The van der Waals surface area contributed by atoms with E-state index in [0.29, 0.717) is 22.6 Å². The third-order valence-electron chi connectivity index (χ3n) is 4.44. The summed E-state index contributed by atoms with van der Waals surface area (Å²) in [7, 11) is 1.27. The fourth-order valence-corrected chi connectivity index (χ4v) is 2.86. The lowest BCUT2D eigenvalue weighted by molar-refractivity contribution is -0.148. The Balaban J connectivity index is 1.98. The van der Waals surface area contributed by atoms with E-state index in [0.717, 1.165) is 12.0 Å². The van der Waals surface area contributed by atoms with Gasteiger partial charge >= 0.3 is 11.9 Å². The van der Waals surface area contributed by atoms with Crippen molar-refractivity contribution in [1.29, 1.82) is 0 Å². The predicted octanol–water partition coefficient (Wildman–Crippen LogP) is 3.17. The fraction of sp³-hybridized carbons (Fsp3) is 0.381. The molecule has 0 saturated heterocycles. The van der Waals surface area contributed by atoms with E-state index in [-0.39, 0.29) is 12.3 Å². The molecular formula is C21H25NO6. The van der Waals surface area contributed by atoms with E-state index in [1.807, 2.05) is 19.1 Å². The van der Waals surface area contributed by atoms with Crippen LogP contribution in [0.1, 0.15) is 51.5 Å². The number of rotatable bonds is 8. The highest BCUT2D eigenvalue weighted by molar-refractivity contribution is 6.03. The maximum Gasteiger partial charge on any atom is 0.344 e. The molecular weight excluding hydrogens is 362 g/mol. The highest BCUT2D eigenvalue weighted by atomic mass is 16.6. The number of ketones is 1. The van der Waals surface area contributed by atoms with Crippen LogP contribution < -0.4 is 4.74 Å². The first kappa shape index (κ1) is 21.2. The number of aromatic nitrogens is 1. The van der Waals surface area contributed by atoms with Crippen molar-refractivity contribution in [3.8, 4) is 5.75 Å². The Labute approximate surface area is 164 Å². The number of benzene rings is 1. The number of H-pyrrole nitrogens is 1. The Morgan fingerprint density at radius 1 is 1.11 bits per heavy atom. The molecule has 0 radical (unpaired) electrons. The minimum Gasteiger partial charge on any atom is -0.482 e. The lowest BCUT2D eigenvalue weighted by atomic mass is 10.1. The summed E-state index contributed by atoms with van der Waals surface area (Å²) in [5.74, 6) is -1.07. The number of hydrogen-bond acceptors (Lipinski definition) is 6. The molecule has 7 nitrogen and oxygen atoms in total. The minimum atomic E-state index is -1.03. The largest absolute Gasteiger partial charge is 0.482 e. The molecule has 150 valence electrons. The number of ether oxygens (including phenoxy) is 3. The molecule has 0 aliphatic carbocycles. The monoisotopic (exact) mass is 387 g/mol. The second-order valence-corrected chi connectivity index (χ2v) is 6.40. The van der Waals surface area contributed by atoms with Gasteiger partial charge in [-0.2, -0.15) is 0 Å². The van der Waals surface area contributed by atoms with E-state index in [4.69, 9.17) is 14.2 Å². The summed E-state index contributed by atoms with van der Waals surface area (Å²) < 4.78 is 15.3. The first-order valence-corrected chi connectivity index (χ1v) is 9.01. The number of Topliss-reactive ketones (excluding diaryl/α,β-unsaturated/α-hetero) is 1. The molecule has 0 spiro atoms. The van der Waals surface area contributed by atoms with Gasteiger partial charge in [-0.25, -0.2) is 9.59 Å². The van der Waals surface area contributed by atoms with Gasteiger partial charge in [0.1, 0.15) is 5.75 Å². The Kier molecular flexibility index (Phi) is 6.98. The molecule has 1 atom stereocenters. The van der Waals surface area contributed by atoms with Gasteiger partial charge in [0.05, 0.1) is 18.4 Å². The van der Waals surface area contributed by atoms with Crippen molar-refractivity contribution in [2.75, 3.05) is 13.7 Å². The number of carbonyl (C=O) groups is 3. The normalized spacial score (nSPS) is 11.6. The third-order valence-corrected chi connectivity index (χ3v) is 4.44. The standard InChI is InChI=1S/C21H25NO6/c1-6-15-7-9-16(10-8-15)27-11-17(23)28-14(4)20(24)19-12(2)18(13(3)22-19)21(25)26-5/h7-10,14,22H,6,11H2,1-5H3/t14-/m0/s1. The molecule has 28 heavy (non-hydrogen) atoms. The van der Waals surface area contributed by atoms with Crippen molar-refractivity contribution in [1.82, 2.24) is 4.98 Å². The van der Waals surface area contributed by atoms with Gasteiger partial charge in [0, 0.05) is 5.69 Å². The highest BCUT2D eigenvalue weighted by Gasteiger charge is 2.27. The molecule has 7 heteroatoms. The maximum atomic E-state index is 12.6. The van der Waals surface area contributed by atoms with Crippen LogP contribution in [0.25, 0.3) is 0 Å². The molecule has 1 heterocycles. The van der Waals surface area contributed by atoms with E-state index in [1.54, 1.807) is 26.0 Å². The van der Waals surface area contributed by atoms with Crippen molar-refractivity contribution in [2.24, 2.45) is 0 Å². The summed E-state index contributed by atoms with van der Waals surface area (Å²) >= 11 is 0. The number of aryl methyl sites for hydroxylation is 2. The average Bonchev–Trinajstić information content (AvgIpc) is 2.99. The number of carbonyl (C=O) groups excluding carboxylic acids is 3. The number of esters is 2. The minimum absolute atomic E-state index is 0.217. The zero-order valence-corrected chi connectivity index (χ0v) is 16.8. The molecule has 1 aromatic heterocycles. The van der Waals surface area contributed by atoms with Crippen LogP contribution in [0.4, 0.5) is 0 Å². The average molecular weight is 387 g/mol. The smallest absolute Gasteiger partial charge is 0.344 e. The molecule has 0 amide bonds. The van der Waals surface area contributed by atoms with Gasteiger partial charge in [0.2, 0.25) is 5.78 Å². The summed E-state index contributed by atoms with van der Waals surface area (Å²) in [5, 5.41) is 0. The van der Waals surface area contributed by atoms with Crippen molar-refractivity contribution in [3.05, 3.63) is 52.3 Å². The van der Waals surface area contributed by atoms with Crippen LogP contribution in [-0.2, 0) is 20.7 Å². The summed E-state index contributed by atoms with van der Waals surface area (Å²) in [4.78, 5) is 39.4. The number of methoxy groups -OCH3 is 1. The molecule has 2 aromatic rings. The van der Waals surface area contributed by atoms with Gasteiger partial charge in [0.15, 0.2) is 12.7 Å². The molecule has 1 aromatic carbocycles. The summed E-state index contributed by atoms with van der Waals surface area (Å²) in [6, 6.07) is 7.39. The number of aromatic amines is 1. The molecule has 1 N–H and O–H groups in total. The molecule has 0 saturated carbocycles. The Bertz CT molecular complexity index is 866. The van der Waals surface area contributed by atoms with Crippen molar-refractivity contribution >= 4 is 17.7 Å². The topological polar surface area (TPSA) is 94.7 Å². The van der Waals surface area contributed by atoms with Crippen molar-refractivity contribution < 1.29 is 28.6 Å². The van der Waals surface area contributed by atoms with Gasteiger partial charge in [-0.3, -0.25) is 4.79 Å². The lowest BCUT2D eigenvalue weighted by Crippen LogP contribution is -2.28. The van der Waals surface area contributed by atoms with Gasteiger partial charge in [-0.15, -0.1) is 0 Å². The molecule has 0 unspecified atom stereocenters. The van der Waals surface area contributed by atoms with Gasteiger partial charge < -0.3 is 19.2 Å². The molecule has 0 fully saturated rings. The lowest BCUT2D eigenvalue weighted by Gasteiger charge is -2.13. The van der Waals surface area contributed by atoms with Crippen molar-refractivity contribution in [3.63, 3.8) is 0 Å². The quantitative estimate of drug-likeness (QED) is 0.552. The summed E-state index contributed by atoms with van der Waals surface area (Å²) in [6.07, 6.45) is -0.113. The van der Waals surface area contributed by atoms with Crippen LogP contribution in [0, 0.1) is 13.8 Å². The van der Waals surface area contributed by atoms with Gasteiger partial charge in [-0.1, -0.05) is 19.1 Å². The van der Waals surface area contributed by atoms with Gasteiger partial charge in [-0.05, 0) is 50.5 Å². The second-order valence-electron chi connectivity index (χ2n) is 6.40. The summed E-state index contributed by atoms with van der Waals surface area (Å²) in [6.45, 7) is 6.53. The van der Waals surface area contributed by atoms with E-state index >= 15 is 0 Å². The maximum absolute atomic E-state index is 12.6. The van der Waals surface area contributed by atoms with E-state index < -0.39 is 23.8 Å². The third kappa shape index (κ3) is 4.79. The Hall–Kier alpha value is -3.09. The van der Waals surface area contributed by atoms with Gasteiger partial charge in [0.25, 0.3) is 0 Å². The summed E-state index contributed by atoms with van der Waals surface area (Å²) in [5.41, 5.74) is 2.67. The predicted molar refractivity (Wildman–Crippen MR) is 103 cm³/mol. The Morgan fingerprint density at radius 3 is 2.32 bits per heavy atom. The van der Waals surface area contributed by atoms with Crippen LogP contribution >= 0.6 is 0 Å². The highest BCUT2D eigenvalue weighted by Crippen LogP contribution is 2.21. The molecule has 0 aliphatic rings. The number of nitrogens with one attached hydrogen (secondary N) is 1. The first-order chi connectivity index (χ1) is 13.3. The van der Waals surface area contributed by atoms with Crippen molar-refractivity contribution in [2.45, 2.75) is 40.2 Å².